The predicted molar refractivity (Wildman–Crippen MR) is 72.7 cm³/mol. The van der Waals surface area contributed by atoms with Gasteiger partial charge in [0.05, 0.1) is 0 Å². The average molecular weight is 247 g/mol. The molecule has 1 aromatic rings. The fourth-order valence-corrected chi connectivity index (χ4v) is 2.21. The van der Waals surface area contributed by atoms with E-state index in [9.17, 15) is 4.79 Å². The quantitative estimate of drug-likeness (QED) is 0.812. The smallest absolute Gasteiger partial charge is 0.222 e. The number of amides is 1. The minimum absolute atomic E-state index is 0.175. The molecule has 0 atom stereocenters. The number of hydrogen-bond acceptors (Lipinski definition) is 3. The Bertz CT molecular complexity index is 411. The van der Waals surface area contributed by atoms with Crippen molar-refractivity contribution < 1.29 is 4.79 Å². The Morgan fingerprint density at radius 2 is 2.11 bits per heavy atom. The summed E-state index contributed by atoms with van der Waals surface area (Å²) in [5.74, 6) is 1.23. The Balaban J connectivity index is 1.96. The van der Waals surface area contributed by atoms with Crippen molar-refractivity contribution in [1.82, 2.24) is 9.88 Å². The molecule has 18 heavy (non-hydrogen) atoms. The number of aromatic nitrogens is 1. The number of aryl methyl sites for hydroxylation is 1. The number of pyridine rings is 1. The Morgan fingerprint density at radius 1 is 1.39 bits per heavy atom. The van der Waals surface area contributed by atoms with Gasteiger partial charge in [0.1, 0.15) is 5.82 Å². The first-order valence-electron chi connectivity index (χ1n) is 6.57. The van der Waals surface area contributed by atoms with Gasteiger partial charge in [-0.1, -0.05) is 0 Å². The minimum Gasteiger partial charge on any atom is -0.357 e. The highest BCUT2D eigenvalue weighted by molar-refractivity contribution is 5.75. The fraction of sp³-hybridized carbons (Fsp3) is 0.571. The molecule has 4 nitrogen and oxygen atoms in total. The molecule has 1 aromatic heterocycles. The summed E-state index contributed by atoms with van der Waals surface area (Å²) in [7, 11) is 3.59. The van der Waals surface area contributed by atoms with Gasteiger partial charge in [0.25, 0.3) is 0 Å². The second-order valence-corrected chi connectivity index (χ2v) is 5.00. The lowest BCUT2D eigenvalue weighted by atomic mass is 10.1. The number of carbonyl (C=O) groups is 1. The molecular weight excluding hydrogens is 226 g/mol. The third-order valence-electron chi connectivity index (χ3n) is 3.37. The number of hydrogen-bond donors (Lipinski definition) is 0. The van der Waals surface area contributed by atoms with Crippen LogP contribution in [0.4, 0.5) is 5.82 Å². The zero-order chi connectivity index (χ0) is 13.0. The van der Waals surface area contributed by atoms with Gasteiger partial charge in [-0.05, 0) is 37.0 Å². The van der Waals surface area contributed by atoms with Gasteiger partial charge in [-0.2, -0.15) is 0 Å². The molecule has 4 heteroatoms. The van der Waals surface area contributed by atoms with Gasteiger partial charge in [-0.15, -0.1) is 0 Å². The van der Waals surface area contributed by atoms with Crippen molar-refractivity contribution in [2.75, 3.05) is 32.1 Å². The second kappa shape index (κ2) is 5.85. The maximum atomic E-state index is 11.6. The largest absolute Gasteiger partial charge is 0.357 e. The molecule has 1 saturated heterocycles. The molecule has 0 spiro atoms. The van der Waals surface area contributed by atoms with E-state index in [1.165, 1.54) is 18.4 Å². The van der Waals surface area contributed by atoms with Gasteiger partial charge in [0.15, 0.2) is 0 Å². The van der Waals surface area contributed by atoms with Crippen LogP contribution in [0.3, 0.4) is 0 Å². The maximum Gasteiger partial charge on any atom is 0.222 e. The van der Waals surface area contributed by atoms with Crippen molar-refractivity contribution in [2.24, 2.45) is 0 Å². The molecule has 1 amide bonds. The molecule has 1 aliphatic rings. The topological polar surface area (TPSA) is 36.4 Å². The summed E-state index contributed by atoms with van der Waals surface area (Å²) < 4.78 is 0. The molecule has 0 aromatic carbocycles. The summed E-state index contributed by atoms with van der Waals surface area (Å²) in [6.45, 7) is 2.21. The molecule has 2 heterocycles. The van der Waals surface area contributed by atoms with Crippen molar-refractivity contribution in [3.63, 3.8) is 0 Å². The second-order valence-electron chi connectivity index (χ2n) is 5.00. The van der Waals surface area contributed by atoms with Crippen molar-refractivity contribution in [2.45, 2.75) is 25.7 Å². The highest BCUT2D eigenvalue weighted by Crippen LogP contribution is 2.19. The van der Waals surface area contributed by atoms with E-state index in [2.05, 4.69) is 16.0 Å². The average Bonchev–Trinajstić information content (AvgIpc) is 2.90. The lowest BCUT2D eigenvalue weighted by molar-refractivity contribution is -0.128. The number of carbonyl (C=O) groups excluding carboxylic acids is 1. The molecule has 0 bridgehead atoms. The van der Waals surface area contributed by atoms with Crippen LogP contribution in [0.15, 0.2) is 18.3 Å². The van der Waals surface area contributed by atoms with E-state index in [1.54, 1.807) is 19.0 Å². The molecule has 1 aliphatic heterocycles. The molecule has 0 aliphatic carbocycles. The standard InChI is InChI=1S/C14H21N3O/c1-16(2)14(18)6-5-12-7-8-15-13(11-12)17-9-3-4-10-17/h7-8,11H,3-6,9-10H2,1-2H3. The van der Waals surface area contributed by atoms with Crippen LogP contribution in [-0.2, 0) is 11.2 Å². The first kappa shape index (κ1) is 12.9. The lowest BCUT2D eigenvalue weighted by Crippen LogP contribution is -2.22. The monoisotopic (exact) mass is 247 g/mol. The van der Waals surface area contributed by atoms with E-state index < -0.39 is 0 Å². The molecule has 0 saturated carbocycles. The first-order valence-corrected chi connectivity index (χ1v) is 6.57. The van der Waals surface area contributed by atoms with Crippen LogP contribution in [0.5, 0.6) is 0 Å². The van der Waals surface area contributed by atoms with Crippen molar-refractivity contribution in [3.05, 3.63) is 23.9 Å². The van der Waals surface area contributed by atoms with Crippen molar-refractivity contribution >= 4 is 11.7 Å². The highest BCUT2D eigenvalue weighted by atomic mass is 16.2. The zero-order valence-corrected chi connectivity index (χ0v) is 11.2. The molecule has 0 unspecified atom stereocenters. The van der Waals surface area contributed by atoms with Crippen LogP contribution >= 0.6 is 0 Å². The van der Waals surface area contributed by atoms with Crippen LogP contribution < -0.4 is 4.90 Å². The number of nitrogens with zero attached hydrogens (tertiary/aromatic N) is 3. The van der Waals surface area contributed by atoms with Gasteiger partial charge < -0.3 is 9.80 Å². The van der Waals surface area contributed by atoms with Crippen LogP contribution in [0, 0.1) is 0 Å². The normalized spacial score (nSPS) is 14.9. The summed E-state index contributed by atoms with van der Waals surface area (Å²) in [6.07, 6.45) is 5.72. The van der Waals surface area contributed by atoms with Gasteiger partial charge in [0.2, 0.25) is 5.91 Å². The van der Waals surface area contributed by atoms with Crippen LogP contribution in [0.25, 0.3) is 0 Å². The third kappa shape index (κ3) is 3.22. The lowest BCUT2D eigenvalue weighted by Gasteiger charge is -2.17. The molecule has 0 N–H and O–H groups in total. The van der Waals surface area contributed by atoms with Crippen LogP contribution in [0.1, 0.15) is 24.8 Å². The van der Waals surface area contributed by atoms with E-state index in [0.717, 1.165) is 25.3 Å². The van der Waals surface area contributed by atoms with Crippen molar-refractivity contribution in [1.29, 1.82) is 0 Å². The Kier molecular flexibility index (Phi) is 4.18. The van der Waals surface area contributed by atoms with Crippen LogP contribution in [-0.4, -0.2) is 43.0 Å². The summed E-state index contributed by atoms with van der Waals surface area (Å²) >= 11 is 0. The minimum atomic E-state index is 0.175. The molecule has 0 radical (unpaired) electrons. The molecular formula is C14H21N3O. The first-order chi connectivity index (χ1) is 8.66. The van der Waals surface area contributed by atoms with Gasteiger partial charge in [0, 0.05) is 39.8 Å². The summed E-state index contributed by atoms with van der Waals surface area (Å²) in [6, 6.07) is 4.12. The Labute approximate surface area is 109 Å². The van der Waals surface area contributed by atoms with E-state index >= 15 is 0 Å². The summed E-state index contributed by atoms with van der Waals surface area (Å²) in [4.78, 5) is 19.9. The SMILES string of the molecule is CN(C)C(=O)CCc1ccnc(N2CCCC2)c1. The Hall–Kier alpha value is -1.58. The maximum absolute atomic E-state index is 11.6. The van der Waals surface area contributed by atoms with Crippen LogP contribution in [0.2, 0.25) is 0 Å². The van der Waals surface area contributed by atoms with Gasteiger partial charge in [-0.25, -0.2) is 4.98 Å². The third-order valence-corrected chi connectivity index (χ3v) is 3.37. The van der Waals surface area contributed by atoms with Gasteiger partial charge in [-0.3, -0.25) is 4.79 Å². The van der Waals surface area contributed by atoms with E-state index in [-0.39, 0.29) is 5.91 Å². The molecule has 1 fully saturated rings. The van der Waals surface area contributed by atoms with E-state index in [1.807, 2.05) is 12.3 Å². The van der Waals surface area contributed by atoms with E-state index in [0.29, 0.717) is 6.42 Å². The summed E-state index contributed by atoms with van der Waals surface area (Å²) in [5.41, 5.74) is 1.20. The zero-order valence-electron chi connectivity index (χ0n) is 11.2. The Morgan fingerprint density at radius 3 is 2.78 bits per heavy atom. The number of anilines is 1. The highest BCUT2D eigenvalue weighted by Gasteiger charge is 2.13. The summed E-state index contributed by atoms with van der Waals surface area (Å²) in [5, 5.41) is 0. The van der Waals surface area contributed by atoms with E-state index in [4.69, 9.17) is 0 Å². The van der Waals surface area contributed by atoms with Crippen molar-refractivity contribution in [3.8, 4) is 0 Å². The molecule has 2 rings (SSSR count). The fourth-order valence-electron chi connectivity index (χ4n) is 2.21. The van der Waals surface area contributed by atoms with Gasteiger partial charge >= 0.3 is 0 Å². The molecule has 98 valence electrons. The predicted octanol–water partition coefficient (Wildman–Crippen LogP) is 1.70. The number of rotatable bonds is 4.